The number of halogens is 1. The third kappa shape index (κ3) is 6.45. The summed E-state index contributed by atoms with van der Waals surface area (Å²) in [7, 11) is 0. The van der Waals surface area contributed by atoms with Crippen LogP contribution in [0.1, 0.15) is 32.7 Å². The van der Waals surface area contributed by atoms with Crippen LogP contribution in [0.5, 0.6) is 0 Å². The molecular formula is C25H25IN2O7. The molecule has 35 heavy (non-hydrogen) atoms. The van der Waals surface area contributed by atoms with Crippen molar-refractivity contribution in [3.8, 4) is 0 Å². The second-order valence-electron chi connectivity index (χ2n) is 8.09. The highest BCUT2D eigenvalue weighted by Crippen LogP contribution is 2.31. The van der Waals surface area contributed by atoms with E-state index in [9.17, 15) is 14.4 Å². The first-order valence-corrected chi connectivity index (χ1v) is 12.2. The van der Waals surface area contributed by atoms with Gasteiger partial charge in [-0.1, -0.05) is 18.2 Å². The normalized spacial score (nSPS) is 21.0. The van der Waals surface area contributed by atoms with Gasteiger partial charge in [-0.2, -0.15) is 0 Å². The highest BCUT2D eigenvalue weighted by Gasteiger charge is 2.42. The van der Waals surface area contributed by atoms with E-state index in [1.165, 1.54) is 0 Å². The van der Waals surface area contributed by atoms with Crippen LogP contribution in [0, 0.1) is 3.57 Å². The molecule has 1 aliphatic heterocycles. The van der Waals surface area contributed by atoms with Crippen LogP contribution in [0.15, 0.2) is 60.2 Å². The van der Waals surface area contributed by atoms with E-state index in [4.69, 9.17) is 19.3 Å². The van der Waals surface area contributed by atoms with E-state index in [-0.39, 0.29) is 44.7 Å². The van der Waals surface area contributed by atoms with E-state index in [0.29, 0.717) is 16.7 Å². The summed E-state index contributed by atoms with van der Waals surface area (Å²) in [5.74, 6) is -1.10. The van der Waals surface area contributed by atoms with Crippen molar-refractivity contribution in [3.63, 3.8) is 0 Å². The molecule has 1 aliphatic carbocycles. The van der Waals surface area contributed by atoms with Crippen molar-refractivity contribution >= 4 is 40.4 Å². The van der Waals surface area contributed by atoms with Crippen molar-refractivity contribution in [2.75, 3.05) is 19.9 Å². The summed E-state index contributed by atoms with van der Waals surface area (Å²) in [6.45, 7) is 0.282. The van der Waals surface area contributed by atoms with Gasteiger partial charge in [0.15, 0.2) is 0 Å². The molecule has 1 saturated heterocycles. The fourth-order valence-electron chi connectivity index (χ4n) is 3.94. The standard InChI is InChI=1S/C25H25IN2O7/c26-19-6-2-5-17(10-19)25(32)35-21-12-18(11-20-22(21)34-14-33-20)24(31)28-13-15-3-1-4-16(9-15)23(30)27-7-8-29/h1-6,9-11,20-22,29H,7-8,12-14H2,(H,27,30)(H,28,31)/t20-,21-,22-/m1/s1. The van der Waals surface area contributed by atoms with E-state index in [0.717, 1.165) is 9.13 Å². The number of benzene rings is 2. The van der Waals surface area contributed by atoms with Crippen LogP contribution in [-0.4, -0.2) is 61.1 Å². The first-order chi connectivity index (χ1) is 16.9. The lowest BCUT2D eigenvalue weighted by molar-refractivity contribution is -0.118. The maximum absolute atomic E-state index is 12.9. The Morgan fingerprint density at radius 1 is 1.03 bits per heavy atom. The van der Waals surface area contributed by atoms with Gasteiger partial charge in [-0.15, -0.1) is 0 Å². The summed E-state index contributed by atoms with van der Waals surface area (Å²) in [6.07, 6.45) is 0.262. The molecule has 2 aromatic rings. The van der Waals surface area contributed by atoms with Crippen LogP contribution in [-0.2, 0) is 25.5 Å². The molecule has 4 rings (SSSR count). The lowest BCUT2D eigenvalue weighted by Gasteiger charge is -2.30. The minimum atomic E-state index is -0.669. The summed E-state index contributed by atoms with van der Waals surface area (Å²) in [6, 6.07) is 13.9. The van der Waals surface area contributed by atoms with Crippen LogP contribution in [0.4, 0.5) is 0 Å². The fraction of sp³-hybridized carbons (Fsp3) is 0.320. The lowest BCUT2D eigenvalue weighted by atomic mass is 9.91. The number of aliphatic hydroxyl groups is 1. The third-order valence-electron chi connectivity index (χ3n) is 5.65. The average molecular weight is 592 g/mol. The van der Waals surface area contributed by atoms with Crippen molar-refractivity contribution in [2.45, 2.75) is 31.3 Å². The number of aliphatic hydroxyl groups excluding tert-OH is 1. The van der Waals surface area contributed by atoms with Gasteiger partial charge in [0.1, 0.15) is 25.1 Å². The number of hydrogen-bond acceptors (Lipinski definition) is 7. The average Bonchev–Trinajstić information content (AvgIpc) is 3.35. The van der Waals surface area contributed by atoms with E-state index >= 15 is 0 Å². The number of rotatable bonds is 8. The Morgan fingerprint density at radius 3 is 2.63 bits per heavy atom. The molecule has 0 saturated carbocycles. The summed E-state index contributed by atoms with van der Waals surface area (Å²) in [4.78, 5) is 37.8. The molecule has 10 heteroatoms. The predicted octanol–water partition coefficient (Wildman–Crippen LogP) is 1.93. The minimum absolute atomic E-state index is 0.0587. The zero-order valence-electron chi connectivity index (χ0n) is 18.7. The van der Waals surface area contributed by atoms with Gasteiger partial charge < -0.3 is 30.0 Å². The molecule has 3 N–H and O–H groups in total. The monoisotopic (exact) mass is 592 g/mol. The molecule has 0 spiro atoms. The summed E-state index contributed by atoms with van der Waals surface area (Å²) in [5.41, 5.74) is 2.04. The number of hydrogen-bond donors (Lipinski definition) is 3. The third-order valence-corrected chi connectivity index (χ3v) is 6.32. The summed E-state index contributed by atoms with van der Waals surface area (Å²) in [5, 5.41) is 14.3. The van der Waals surface area contributed by atoms with E-state index in [1.54, 1.807) is 48.5 Å². The molecule has 9 nitrogen and oxygen atoms in total. The Kier molecular flexibility index (Phi) is 8.50. The molecule has 0 unspecified atom stereocenters. The summed E-state index contributed by atoms with van der Waals surface area (Å²) < 4.78 is 17.8. The van der Waals surface area contributed by atoms with Gasteiger partial charge in [0.25, 0.3) is 5.91 Å². The second kappa shape index (κ2) is 11.8. The first kappa shape index (κ1) is 25.3. The van der Waals surface area contributed by atoms with Gasteiger partial charge in [0, 0.05) is 34.2 Å². The summed E-state index contributed by atoms with van der Waals surface area (Å²) >= 11 is 2.12. The lowest BCUT2D eigenvalue weighted by Crippen LogP contribution is -2.43. The molecule has 1 heterocycles. The minimum Gasteiger partial charge on any atom is -0.456 e. The fourth-order valence-corrected chi connectivity index (χ4v) is 4.48. The highest BCUT2D eigenvalue weighted by atomic mass is 127. The Balaban J connectivity index is 1.40. The van der Waals surface area contributed by atoms with Crippen molar-refractivity contribution in [1.82, 2.24) is 10.6 Å². The van der Waals surface area contributed by atoms with E-state index in [1.807, 2.05) is 6.07 Å². The number of nitrogens with one attached hydrogen (secondary N) is 2. The number of amides is 2. The molecule has 0 aromatic heterocycles. The molecule has 2 aliphatic rings. The van der Waals surface area contributed by atoms with E-state index in [2.05, 4.69) is 33.2 Å². The highest BCUT2D eigenvalue weighted by molar-refractivity contribution is 14.1. The first-order valence-electron chi connectivity index (χ1n) is 11.1. The van der Waals surface area contributed by atoms with Crippen molar-refractivity contribution < 1.29 is 33.7 Å². The number of carbonyl (C=O) groups is 3. The molecule has 2 aromatic carbocycles. The predicted molar refractivity (Wildman–Crippen MR) is 133 cm³/mol. The van der Waals surface area contributed by atoms with Gasteiger partial charge in [0.2, 0.25) is 5.91 Å². The molecule has 2 amide bonds. The Morgan fingerprint density at radius 2 is 1.83 bits per heavy atom. The zero-order valence-corrected chi connectivity index (χ0v) is 20.9. The van der Waals surface area contributed by atoms with Crippen LogP contribution < -0.4 is 10.6 Å². The number of fused-ring (bicyclic) bond motifs is 1. The number of carbonyl (C=O) groups excluding carboxylic acids is 3. The van der Waals surface area contributed by atoms with Crippen LogP contribution in [0.2, 0.25) is 0 Å². The van der Waals surface area contributed by atoms with Gasteiger partial charge >= 0.3 is 5.97 Å². The van der Waals surface area contributed by atoms with Gasteiger partial charge in [-0.25, -0.2) is 4.79 Å². The maximum Gasteiger partial charge on any atom is 0.338 e. The van der Waals surface area contributed by atoms with Gasteiger partial charge in [-0.05, 0) is 64.6 Å². The maximum atomic E-state index is 12.9. The molecule has 0 radical (unpaired) electrons. The Bertz CT molecular complexity index is 1140. The van der Waals surface area contributed by atoms with Gasteiger partial charge in [0.05, 0.1) is 12.2 Å². The quantitative estimate of drug-likeness (QED) is 0.316. The van der Waals surface area contributed by atoms with Gasteiger partial charge in [-0.3, -0.25) is 9.59 Å². The Hall–Kier alpha value is -2.80. The van der Waals surface area contributed by atoms with Crippen LogP contribution in [0.25, 0.3) is 0 Å². The molecule has 3 atom stereocenters. The molecule has 184 valence electrons. The zero-order chi connectivity index (χ0) is 24.8. The van der Waals surface area contributed by atoms with E-state index < -0.39 is 24.3 Å². The smallest absolute Gasteiger partial charge is 0.338 e. The SMILES string of the molecule is O=C(NCc1cccc(C(=O)NCCO)c1)C1=C[C@H]2OCO[C@H]2[C@H](OC(=O)c2cccc(I)c2)C1. The molecule has 1 fully saturated rings. The van der Waals surface area contributed by atoms with Crippen molar-refractivity contribution in [1.29, 1.82) is 0 Å². The van der Waals surface area contributed by atoms with Crippen LogP contribution in [0.3, 0.4) is 0 Å². The number of esters is 1. The van der Waals surface area contributed by atoms with Crippen molar-refractivity contribution in [2.24, 2.45) is 0 Å². The number of ether oxygens (including phenoxy) is 3. The van der Waals surface area contributed by atoms with Crippen LogP contribution >= 0.6 is 22.6 Å². The second-order valence-corrected chi connectivity index (χ2v) is 9.34. The largest absolute Gasteiger partial charge is 0.456 e. The Labute approximate surface area is 216 Å². The molecule has 0 bridgehead atoms. The topological polar surface area (TPSA) is 123 Å². The molecular weight excluding hydrogens is 567 g/mol. The van der Waals surface area contributed by atoms with Crippen molar-refractivity contribution in [3.05, 3.63) is 80.4 Å².